The molecule has 0 unspecified atom stereocenters. The predicted octanol–water partition coefficient (Wildman–Crippen LogP) is 6.08. The topological polar surface area (TPSA) is 50.6 Å². The van der Waals surface area contributed by atoms with Gasteiger partial charge in [0.05, 0.1) is 37.8 Å². The summed E-state index contributed by atoms with van der Waals surface area (Å²) < 4.78 is 71.9. The molecule has 4 fully saturated rings. The Bertz CT molecular complexity index is 1150. The highest BCUT2D eigenvalue weighted by Crippen LogP contribution is 3.02. The Kier molecular flexibility index (Phi) is 4.55. The number of carbonyl (C=O) groups excluding carboxylic acids is 1. The molecule has 192 valence electrons. The van der Waals surface area contributed by atoms with Crippen molar-refractivity contribution in [2.45, 2.75) is 55.2 Å². The molecule has 12 heteroatoms. The van der Waals surface area contributed by atoms with E-state index in [9.17, 15) is 24.2 Å². The number of aromatic nitrogens is 2. The number of ether oxygens (including phenoxy) is 1. The Labute approximate surface area is 199 Å². The molecule has 4 aliphatic rings. The smallest absolute Gasteiger partial charge is 0.320 e. The zero-order valence-corrected chi connectivity index (χ0v) is 19.8. The summed E-state index contributed by atoms with van der Waals surface area (Å²) in [5, 5.41) is 0. The molecule has 35 heavy (non-hydrogen) atoms. The van der Waals surface area contributed by atoms with Crippen LogP contribution in [0.3, 0.4) is 0 Å². The third-order valence-corrected chi connectivity index (χ3v) is 8.84. The van der Waals surface area contributed by atoms with E-state index in [0.29, 0.717) is 42.7 Å². The monoisotopic (exact) mass is 518 g/mol. The summed E-state index contributed by atoms with van der Waals surface area (Å²) in [5.41, 5.74) is 1.78. The van der Waals surface area contributed by atoms with Crippen LogP contribution in [0, 0.1) is 5.41 Å². The molecular formula is C23H27F5N4O2S. The number of imidazole rings is 1. The van der Waals surface area contributed by atoms with Crippen molar-refractivity contribution in [3.63, 3.8) is 0 Å². The van der Waals surface area contributed by atoms with Gasteiger partial charge in [0.1, 0.15) is 4.90 Å². The number of halogens is 5. The number of hydrogen-bond donors (Lipinski definition) is 0. The second kappa shape index (κ2) is 6.90. The first-order valence-corrected chi connectivity index (χ1v) is 13.7. The predicted molar refractivity (Wildman–Crippen MR) is 120 cm³/mol. The van der Waals surface area contributed by atoms with Crippen molar-refractivity contribution in [3.05, 3.63) is 48.0 Å². The van der Waals surface area contributed by atoms with Crippen molar-refractivity contribution in [1.29, 1.82) is 0 Å². The number of benzene rings is 1. The van der Waals surface area contributed by atoms with Gasteiger partial charge in [0.15, 0.2) is 0 Å². The fraction of sp³-hybridized carbons (Fsp3) is 0.565. The van der Waals surface area contributed by atoms with Crippen LogP contribution in [0.5, 0.6) is 0 Å². The van der Waals surface area contributed by atoms with E-state index in [4.69, 9.17) is 4.74 Å². The molecule has 6 rings (SSSR count). The lowest BCUT2D eigenvalue weighted by atomic mass is 9.60. The Balaban J connectivity index is 0.916. The highest BCUT2D eigenvalue weighted by Gasteiger charge is 2.65. The second-order valence-corrected chi connectivity index (χ2v) is 13.1. The molecule has 6 nitrogen and oxygen atoms in total. The molecule has 3 heterocycles. The summed E-state index contributed by atoms with van der Waals surface area (Å²) in [6.45, 7) is 2.33. The van der Waals surface area contributed by atoms with Crippen LogP contribution < -0.4 is 0 Å². The average molecular weight is 519 g/mol. The molecule has 2 aromatic rings. The van der Waals surface area contributed by atoms with Crippen molar-refractivity contribution < 1.29 is 29.0 Å². The molecule has 1 spiro atoms. The van der Waals surface area contributed by atoms with Crippen LogP contribution >= 0.6 is 10.2 Å². The Hall–Kier alpha value is -2.34. The highest BCUT2D eigenvalue weighted by molar-refractivity contribution is 8.45. The molecule has 0 bridgehead atoms. The third-order valence-electron chi connectivity index (χ3n) is 7.67. The molecule has 0 N–H and O–H groups in total. The summed E-state index contributed by atoms with van der Waals surface area (Å²) in [6, 6.07) is 3.22. The van der Waals surface area contributed by atoms with Crippen LogP contribution in [0.25, 0.3) is 0 Å². The molecule has 1 aromatic heterocycles. The van der Waals surface area contributed by atoms with Crippen molar-refractivity contribution >= 4 is 16.3 Å². The van der Waals surface area contributed by atoms with E-state index in [0.717, 1.165) is 38.1 Å². The number of amides is 2. The van der Waals surface area contributed by atoms with Crippen LogP contribution in [0.4, 0.5) is 24.2 Å². The number of hydrogen-bond acceptors (Lipinski definition) is 3. The van der Waals surface area contributed by atoms with Crippen LogP contribution in [0.2, 0.25) is 0 Å². The fourth-order valence-corrected chi connectivity index (χ4v) is 6.06. The molecule has 2 aliphatic carbocycles. The summed E-state index contributed by atoms with van der Waals surface area (Å²) >= 11 is 0. The number of rotatable bonds is 6. The minimum atomic E-state index is -9.66. The van der Waals surface area contributed by atoms with E-state index in [1.54, 1.807) is 4.90 Å². The van der Waals surface area contributed by atoms with Gasteiger partial charge in [-0.2, -0.15) is 0 Å². The van der Waals surface area contributed by atoms with Gasteiger partial charge in [0.2, 0.25) is 0 Å². The maximum absolute atomic E-state index is 12.8. The normalized spacial score (nSPS) is 24.4. The van der Waals surface area contributed by atoms with Gasteiger partial charge in [-0.05, 0) is 43.4 Å². The van der Waals surface area contributed by atoms with E-state index in [-0.39, 0.29) is 24.2 Å². The van der Waals surface area contributed by atoms with E-state index in [1.165, 1.54) is 18.5 Å². The summed E-state index contributed by atoms with van der Waals surface area (Å²) in [4.78, 5) is 18.9. The first kappa shape index (κ1) is 23.1. The van der Waals surface area contributed by atoms with Crippen molar-refractivity contribution in [1.82, 2.24) is 19.4 Å². The Morgan fingerprint density at radius 2 is 1.69 bits per heavy atom. The van der Waals surface area contributed by atoms with E-state index in [2.05, 4.69) is 15.7 Å². The van der Waals surface area contributed by atoms with Gasteiger partial charge in [-0.3, -0.25) is 0 Å². The highest BCUT2D eigenvalue weighted by atomic mass is 32.5. The number of nitrogens with zero attached hydrogens (tertiary/aromatic N) is 4. The van der Waals surface area contributed by atoms with Crippen LogP contribution in [0.1, 0.15) is 48.9 Å². The van der Waals surface area contributed by atoms with E-state index in [1.807, 2.05) is 11.2 Å². The molecule has 1 aromatic carbocycles. The molecule has 0 radical (unpaired) electrons. The lowest BCUT2D eigenvalue weighted by Crippen LogP contribution is -2.68. The van der Waals surface area contributed by atoms with Gasteiger partial charge in [-0.15, -0.1) is 0 Å². The van der Waals surface area contributed by atoms with Crippen molar-refractivity contribution in [2.75, 3.05) is 26.2 Å². The van der Waals surface area contributed by atoms with Gasteiger partial charge in [-0.25, -0.2) is 9.78 Å². The lowest BCUT2D eigenvalue weighted by molar-refractivity contribution is -0.0907. The Morgan fingerprint density at radius 1 is 1.03 bits per heavy atom. The molecule has 2 saturated heterocycles. The molecule has 0 atom stereocenters. The minimum absolute atomic E-state index is 0.00177. The van der Waals surface area contributed by atoms with Gasteiger partial charge in [0, 0.05) is 36.7 Å². The maximum Gasteiger partial charge on any atom is 0.320 e. The Morgan fingerprint density at radius 3 is 2.29 bits per heavy atom. The first-order chi connectivity index (χ1) is 16.3. The zero-order valence-electron chi connectivity index (χ0n) is 19.0. The van der Waals surface area contributed by atoms with Gasteiger partial charge in [0.25, 0.3) is 0 Å². The number of urea groups is 1. The van der Waals surface area contributed by atoms with Crippen molar-refractivity contribution in [2.24, 2.45) is 5.41 Å². The third kappa shape index (κ3) is 4.50. The van der Waals surface area contributed by atoms with Gasteiger partial charge >= 0.3 is 16.3 Å². The van der Waals surface area contributed by atoms with Crippen LogP contribution in [-0.4, -0.2) is 57.7 Å². The molecule has 2 saturated carbocycles. The zero-order chi connectivity index (χ0) is 24.7. The largest absolute Gasteiger partial charge is 0.370 e. The number of carbonyl (C=O) groups is 1. The summed E-state index contributed by atoms with van der Waals surface area (Å²) in [6.07, 6.45) is 8.49. The lowest BCUT2D eigenvalue weighted by Gasteiger charge is -2.60. The quantitative estimate of drug-likeness (QED) is 0.436. The summed E-state index contributed by atoms with van der Waals surface area (Å²) in [7, 11) is -9.66. The van der Waals surface area contributed by atoms with Crippen LogP contribution in [0.15, 0.2) is 41.7 Å². The maximum atomic E-state index is 12.8. The standard InChI is InChI=1S/C23H27F5N4O2S/c24-35(25,26,27,28)20-5-1-16(2-6-20)12-34-19-9-30(10-19)22(33)32-13-23(14-32)7-18(8-23)31-11-21(29-15-31)17-3-4-17/h1-2,5-6,11,15,17-19H,3-4,7-10,12-14H2. The van der Waals surface area contributed by atoms with Crippen LogP contribution in [-0.2, 0) is 11.3 Å². The average Bonchev–Trinajstić information content (AvgIpc) is 3.41. The summed E-state index contributed by atoms with van der Waals surface area (Å²) in [5.74, 6) is 0.649. The molecular weight excluding hydrogens is 491 g/mol. The molecule has 2 aliphatic heterocycles. The fourth-order valence-electron chi connectivity index (χ4n) is 5.41. The SMILES string of the molecule is O=C(N1CC(OCc2ccc(S(F)(F)(F)(F)F)cc2)C1)N1CC2(CC(n3cnc(C4CC4)c3)C2)C1. The van der Waals surface area contributed by atoms with E-state index >= 15 is 0 Å². The second-order valence-electron chi connectivity index (χ2n) is 10.7. The minimum Gasteiger partial charge on any atom is -0.370 e. The molecule has 2 amide bonds. The van der Waals surface area contributed by atoms with E-state index < -0.39 is 15.1 Å². The number of likely N-dealkylation sites (tertiary alicyclic amines) is 2. The van der Waals surface area contributed by atoms with Gasteiger partial charge < -0.3 is 19.1 Å². The van der Waals surface area contributed by atoms with Gasteiger partial charge in [-0.1, -0.05) is 31.6 Å². The first-order valence-electron chi connectivity index (χ1n) is 11.8. The van der Waals surface area contributed by atoms with Crippen molar-refractivity contribution in [3.8, 4) is 0 Å².